The molecule has 0 radical (unpaired) electrons. The van der Waals surface area contributed by atoms with Crippen molar-refractivity contribution in [3.05, 3.63) is 18.5 Å². The molecule has 1 atom stereocenters. The van der Waals surface area contributed by atoms with Crippen molar-refractivity contribution in [3.63, 3.8) is 0 Å². The minimum Gasteiger partial charge on any atom is -0.367 e. The van der Waals surface area contributed by atoms with Crippen LogP contribution in [0.25, 0.3) is 5.65 Å². The summed E-state index contributed by atoms with van der Waals surface area (Å²) in [5, 5.41) is 12.4. The van der Waals surface area contributed by atoms with Gasteiger partial charge in [-0.05, 0) is 18.6 Å². The number of likely N-dealkylation sites (N-methyl/N-ethyl adjacent to an activating group) is 1. The van der Waals surface area contributed by atoms with Gasteiger partial charge in [-0.15, -0.1) is 27.1 Å². The molecule has 2 aliphatic heterocycles. The van der Waals surface area contributed by atoms with Crippen LogP contribution >= 0.6 is 11.8 Å². The molecule has 0 N–H and O–H groups in total. The molecule has 9 heteroatoms. The minimum absolute atomic E-state index is 0.0163. The van der Waals surface area contributed by atoms with Crippen LogP contribution in [0.3, 0.4) is 0 Å². The van der Waals surface area contributed by atoms with E-state index in [1.54, 1.807) is 29.8 Å². The second kappa shape index (κ2) is 5.89. The number of hydrogen-bond donors (Lipinski definition) is 0. The topological polar surface area (TPSA) is 75.9 Å². The lowest BCUT2D eigenvalue weighted by Gasteiger charge is -2.48. The van der Waals surface area contributed by atoms with Crippen molar-refractivity contribution in [2.45, 2.75) is 17.3 Å². The zero-order valence-corrected chi connectivity index (χ0v) is 14.6. The summed E-state index contributed by atoms with van der Waals surface area (Å²) in [6, 6.07) is 3.92. The third kappa shape index (κ3) is 2.82. The van der Waals surface area contributed by atoms with Crippen molar-refractivity contribution in [2.75, 3.05) is 44.4 Å². The fraction of sp³-hybridized carbons (Fsp3) is 0.600. The van der Waals surface area contributed by atoms with Crippen LogP contribution in [-0.4, -0.2) is 81.0 Å². The highest BCUT2D eigenvalue weighted by Gasteiger charge is 2.50. The van der Waals surface area contributed by atoms with Crippen molar-refractivity contribution in [1.82, 2.24) is 24.7 Å². The smallest absolute Gasteiger partial charge is 0.248 e. The van der Waals surface area contributed by atoms with Crippen LogP contribution in [0.2, 0.25) is 0 Å². The first-order valence-corrected chi connectivity index (χ1v) is 8.91. The molecule has 1 spiro atoms. The van der Waals surface area contributed by atoms with Gasteiger partial charge >= 0.3 is 0 Å². The second-order valence-corrected chi connectivity index (χ2v) is 8.09. The maximum absolute atomic E-state index is 11.6. The van der Waals surface area contributed by atoms with Gasteiger partial charge in [0, 0.05) is 32.9 Å². The third-order valence-corrected chi connectivity index (χ3v) is 6.12. The molecule has 1 unspecified atom stereocenters. The number of amides is 1. The van der Waals surface area contributed by atoms with Crippen molar-refractivity contribution >= 4 is 29.1 Å². The molecule has 2 aliphatic rings. The average Bonchev–Trinajstić information content (AvgIpc) is 3.16. The van der Waals surface area contributed by atoms with Gasteiger partial charge in [-0.2, -0.15) is 4.52 Å². The van der Waals surface area contributed by atoms with E-state index in [2.05, 4.69) is 20.2 Å². The Kier molecular flexibility index (Phi) is 3.84. The Labute approximate surface area is 144 Å². The molecule has 24 heavy (non-hydrogen) atoms. The highest BCUT2D eigenvalue weighted by molar-refractivity contribution is 8.01. The van der Waals surface area contributed by atoms with Crippen LogP contribution < -0.4 is 4.90 Å². The van der Waals surface area contributed by atoms with Gasteiger partial charge in [0.05, 0.1) is 10.9 Å². The molecule has 0 bridgehead atoms. The number of carbonyl (C=O) groups excluding carboxylic acids is 1. The maximum Gasteiger partial charge on any atom is 0.248 e. The Morgan fingerprint density at radius 2 is 2.29 bits per heavy atom. The van der Waals surface area contributed by atoms with E-state index in [0.29, 0.717) is 0 Å². The quantitative estimate of drug-likeness (QED) is 0.786. The Morgan fingerprint density at radius 3 is 3.08 bits per heavy atom. The van der Waals surface area contributed by atoms with E-state index in [1.165, 1.54) is 0 Å². The predicted molar refractivity (Wildman–Crippen MR) is 91.2 cm³/mol. The molecule has 2 aromatic heterocycles. The Bertz CT molecular complexity index is 757. The van der Waals surface area contributed by atoms with Gasteiger partial charge in [0.25, 0.3) is 0 Å². The van der Waals surface area contributed by atoms with Crippen LogP contribution in [0.5, 0.6) is 0 Å². The largest absolute Gasteiger partial charge is 0.367 e. The van der Waals surface area contributed by atoms with Crippen molar-refractivity contribution in [2.24, 2.45) is 0 Å². The van der Waals surface area contributed by atoms with Crippen molar-refractivity contribution in [1.29, 1.82) is 0 Å². The highest BCUT2D eigenvalue weighted by Crippen LogP contribution is 2.46. The zero-order chi connectivity index (χ0) is 16.7. The molecular weight excluding hydrogens is 328 g/mol. The molecule has 4 heterocycles. The highest BCUT2D eigenvalue weighted by atomic mass is 32.2. The van der Waals surface area contributed by atoms with Gasteiger partial charge in [0.15, 0.2) is 5.65 Å². The van der Waals surface area contributed by atoms with Gasteiger partial charge in [-0.3, -0.25) is 4.79 Å². The lowest BCUT2D eigenvalue weighted by Crippen LogP contribution is -2.59. The van der Waals surface area contributed by atoms with E-state index >= 15 is 0 Å². The molecule has 4 rings (SSSR count). The second-order valence-electron chi connectivity index (χ2n) is 6.60. The summed E-state index contributed by atoms with van der Waals surface area (Å²) in [7, 11) is 3.50. The number of ether oxygens (including phenoxy) is 1. The average molecular weight is 348 g/mol. The summed E-state index contributed by atoms with van der Waals surface area (Å²) in [4.78, 5) is 15.5. The van der Waals surface area contributed by atoms with E-state index in [1.807, 2.05) is 23.9 Å². The standard InChI is InChI=1S/C15H20N6O2S/c1-19(2)14(22)6-23-11-5-15(24-7-11)8-20(9-15)13-4-3-12-17-16-10-21(12)18-13/h3-4,10-11H,5-9H2,1-2H3. The summed E-state index contributed by atoms with van der Waals surface area (Å²) in [6.45, 7) is 2.09. The van der Waals surface area contributed by atoms with Crippen LogP contribution in [0.1, 0.15) is 6.42 Å². The van der Waals surface area contributed by atoms with Gasteiger partial charge < -0.3 is 14.5 Å². The normalized spacial score (nSPS) is 22.1. The molecule has 0 aromatic carbocycles. The molecule has 0 saturated carbocycles. The molecule has 2 saturated heterocycles. The first-order chi connectivity index (χ1) is 11.5. The number of hydrogen-bond acceptors (Lipinski definition) is 7. The van der Waals surface area contributed by atoms with Crippen LogP contribution in [-0.2, 0) is 9.53 Å². The molecule has 8 nitrogen and oxygen atoms in total. The van der Waals surface area contributed by atoms with Gasteiger partial charge in [-0.25, -0.2) is 0 Å². The number of anilines is 1. The van der Waals surface area contributed by atoms with Gasteiger partial charge in [0.2, 0.25) is 5.91 Å². The Morgan fingerprint density at radius 1 is 1.46 bits per heavy atom. The Hall–Kier alpha value is -1.87. The van der Waals surface area contributed by atoms with E-state index in [9.17, 15) is 4.79 Å². The third-order valence-electron chi connectivity index (χ3n) is 4.55. The zero-order valence-electron chi connectivity index (χ0n) is 13.8. The number of aromatic nitrogens is 4. The number of thioether (sulfide) groups is 1. The summed E-state index contributed by atoms with van der Waals surface area (Å²) >= 11 is 1.95. The van der Waals surface area contributed by atoms with E-state index in [-0.39, 0.29) is 23.4 Å². The number of rotatable bonds is 4. The van der Waals surface area contributed by atoms with E-state index < -0.39 is 0 Å². The SMILES string of the molecule is CN(C)C(=O)COC1CSC2(C1)CN(c1ccc3nncn3n1)C2. The van der Waals surface area contributed by atoms with Crippen LogP contribution in [0.15, 0.2) is 18.5 Å². The van der Waals surface area contributed by atoms with Crippen LogP contribution in [0, 0.1) is 0 Å². The summed E-state index contributed by atoms with van der Waals surface area (Å²) in [5.74, 6) is 1.91. The molecule has 0 aliphatic carbocycles. The fourth-order valence-electron chi connectivity index (χ4n) is 3.15. The first-order valence-electron chi connectivity index (χ1n) is 7.92. The summed E-state index contributed by atoms with van der Waals surface area (Å²) < 4.78 is 7.71. The van der Waals surface area contributed by atoms with Crippen molar-refractivity contribution < 1.29 is 9.53 Å². The van der Waals surface area contributed by atoms with Crippen LogP contribution in [0.4, 0.5) is 5.82 Å². The predicted octanol–water partition coefficient (Wildman–Crippen LogP) is 0.293. The summed E-state index contributed by atoms with van der Waals surface area (Å²) in [5.41, 5.74) is 0.753. The lowest BCUT2D eigenvalue weighted by atomic mass is 9.93. The number of carbonyl (C=O) groups is 1. The molecule has 1 amide bonds. The summed E-state index contributed by atoms with van der Waals surface area (Å²) in [6.07, 6.45) is 2.77. The minimum atomic E-state index is 0.0163. The van der Waals surface area contributed by atoms with Gasteiger partial charge in [0.1, 0.15) is 18.8 Å². The van der Waals surface area contributed by atoms with E-state index in [0.717, 1.165) is 36.7 Å². The van der Waals surface area contributed by atoms with Crippen molar-refractivity contribution in [3.8, 4) is 0 Å². The maximum atomic E-state index is 11.6. The van der Waals surface area contributed by atoms with E-state index in [4.69, 9.17) is 4.74 Å². The van der Waals surface area contributed by atoms with Gasteiger partial charge in [-0.1, -0.05) is 0 Å². The molecule has 128 valence electrons. The molecule has 2 aromatic rings. The number of fused-ring (bicyclic) bond motifs is 1. The number of nitrogens with zero attached hydrogens (tertiary/aromatic N) is 6. The Balaban J connectivity index is 1.32. The lowest BCUT2D eigenvalue weighted by molar-refractivity contribution is -0.135. The monoisotopic (exact) mass is 348 g/mol. The molecule has 2 fully saturated rings. The fourth-order valence-corrected chi connectivity index (χ4v) is 4.70. The first kappa shape index (κ1) is 15.6. The molecular formula is C15H20N6O2S.